The molecule has 5 rings (SSSR count). The predicted molar refractivity (Wildman–Crippen MR) is 91.4 cm³/mol. The Morgan fingerprint density at radius 2 is 2.04 bits per heavy atom. The number of benzene rings is 1. The van der Waals surface area contributed by atoms with Crippen molar-refractivity contribution < 1.29 is 0 Å². The molecule has 2 saturated heterocycles. The number of para-hydroxylation sites is 2. The number of hydrogen-bond acceptors (Lipinski definition) is 4. The van der Waals surface area contributed by atoms with Crippen LogP contribution in [0.25, 0.3) is 22.4 Å². The summed E-state index contributed by atoms with van der Waals surface area (Å²) < 4.78 is 0. The van der Waals surface area contributed by atoms with E-state index in [0.717, 1.165) is 41.4 Å². The third-order valence-electron chi connectivity index (χ3n) is 5.25. The van der Waals surface area contributed by atoms with Crippen LogP contribution in [-0.2, 0) is 0 Å². The lowest BCUT2D eigenvalue weighted by Crippen LogP contribution is -2.52. The monoisotopic (exact) mass is 305 g/mol. The van der Waals surface area contributed by atoms with Crippen LogP contribution < -0.4 is 4.90 Å². The van der Waals surface area contributed by atoms with Gasteiger partial charge in [0, 0.05) is 43.4 Å². The minimum absolute atomic E-state index is 0.713. The van der Waals surface area contributed by atoms with E-state index in [1.54, 1.807) is 0 Å². The molecule has 2 aromatic heterocycles. The van der Waals surface area contributed by atoms with E-state index in [9.17, 15) is 0 Å². The maximum Gasteiger partial charge on any atom is 0.140 e. The number of fused-ring (bicyclic) bond motifs is 2. The number of rotatable bonds is 2. The van der Waals surface area contributed by atoms with Gasteiger partial charge in [-0.1, -0.05) is 12.1 Å². The van der Waals surface area contributed by atoms with Crippen molar-refractivity contribution in [1.29, 1.82) is 0 Å². The Labute approximate surface area is 135 Å². The number of nitrogens with zero attached hydrogens (tertiary/aromatic N) is 4. The number of H-pyrrole nitrogens is 1. The van der Waals surface area contributed by atoms with Gasteiger partial charge in [-0.25, -0.2) is 4.98 Å². The molecule has 5 nitrogen and oxygen atoms in total. The molecule has 2 atom stereocenters. The number of imidazole rings is 1. The summed E-state index contributed by atoms with van der Waals surface area (Å²) in [5, 5.41) is 0. The van der Waals surface area contributed by atoms with Crippen LogP contribution in [0.5, 0.6) is 0 Å². The standard InChI is InChI=1S/C18H19N5/c1-22-9-13-10-23(11-17(13)22)14-6-12(7-19-8-14)18-20-15-4-2-3-5-16(15)21-18/h2-8,13,17H,9-11H2,1H3,(H,20,21)/t13-,17+/m0/s1. The van der Waals surface area contributed by atoms with E-state index in [2.05, 4.69) is 43.9 Å². The van der Waals surface area contributed by atoms with Crippen molar-refractivity contribution >= 4 is 16.7 Å². The fourth-order valence-electron chi connectivity index (χ4n) is 3.93. The zero-order valence-corrected chi connectivity index (χ0v) is 13.1. The molecule has 0 spiro atoms. The number of pyridine rings is 1. The summed E-state index contributed by atoms with van der Waals surface area (Å²) >= 11 is 0. The van der Waals surface area contributed by atoms with E-state index in [-0.39, 0.29) is 0 Å². The largest absolute Gasteiger partial charge is 0.368 e. The maximum absolute atomic E-state index is 4.68. The van der Waals surface area contributed by atoms with E-state index < -0.39 is 0 Å². The average Bonchev–Trinajstić information content (AvgIpc) is 3.16. The Balaban J connectivity index is 1.48. The van der Waals surface area contributed by atoms with Crippen molar-refractivity contribution in [2.45, 2.75) is 6.04 Å². The average molecular weight is 305 g/mol. The molecule has 5 heteroatoms. The number of nitrogens with one attached hydrogen (secondary N) is 1. The van der Waals surface area contributed by atoms with Gasteiger partial charge in [0.1, 0.15) is 5.82 Å². The summed E-state index contributed by atoms with van der Waals surface area (Å²) in [6, 6.07) is 11.0. The molecule has 0 saturated carbocycles. The molecular formula is C18H19N5. The molecular weight excluding hydrogens is 286 g/mol. The molecule has 2 aliphatic rings. The van der Waals surface area contributed by atoms with Crippen molar-refractivity contribution in [2.75, 3.05) is 31.6 Å². The van der Waals surface area contributed by atoms with Gasteiger partial charge in [0.25, 0.3) is 0 Å². The molecule has 1 aromatic carbocycles. The van der Waals surface area contributed by atoms with Crippen LogP contribution in [0.1, 0.15) is 0 Å². The van der Waals surface area contributed by atoms with E-state index in [4.69, 9.17) is 0 Å². The Morgan fingerprint density at radius 1 is 1.13 bits per heavy atom. The third-order valence-corrected chi connectivity index (χ3v) is 5.25. The highest BCUT2D eigenvalue weighted by Gasteiger charge is 2.43. The topological polar surface area (TPSA) is 48.1 Å². The normalized spacial score (nSPS) is 24.0. The van der Waals surface area contributed by atoms with Gasteiger partial charge in [0.2, 0.25) is 0 Å². The van der Waals surface area contributed by atoms with Crippen molar-refractivity contribution in [3.8, 4) is 11.4 Å². The van der Waals surface area contributed by atoms with Gasteiger partial charge in [-0.15, -0.1) is 0 Å². The molecule has 116 valence electrons. The van der Waals surface area contributed by atoms with Gasteiger partial charge in [-0.05, 0) is 25.2 Å². The molecule has 0 radical (unpaired) electrons. The second-order valence-corrected chi connectivity index (χ2v) is 6.71. The first kappa shape index (κ1) is 13.1. The lowest BCUT2D eigenvalue weighted by molar-refractivity contribution is 0.0827. The summed E-state index contributed by atoms with van der Waals surface area (Å²) in [4.78, 5) is 17.4. The zero-order valence-electron chi connectivity index (χ0n) is 13.1. The van der Waals surface area contributed by atoms with Gasteiger partial charge in [0.15, 0.2) is 0 Å². The summed E-state index contributed by atoms with van der Waals surface area (Å²) in [6.45, 7) is 3.46. The quantitative estimate of drug-likeness (QED) is 0.790. The van der Waals surface area contributed by atoms with Gasteiger partial charge >= 0.3 is 0 Å². The molecule has 1 N–H and O–H groups in total. The highest BCUT2D eigenvalue weighted by atomic mass is 15.3. The second-order valence-electron chi connectivity index (χ2n) is 6.71. The molecule has 23 heavy (non-hydrogen) atoms. The van der Waals surface area contributed by atoms with Gasteiger partial charge in [-0.3, -0.25) is 4.98 Å². The van der Waals surface area contributed by atoms with E-state index in [1.165, 1.54) is 12.2 Å². The molecule has 2 fully saturated rings. The fraction of sp³-hybridized carbons (Fsp3) is 0.333. The highest BCUT2D eigenvalue weighted by molar-refractivity contribution is 5.79. The number of likely N-dealkylation sites (tertiary alicyclic amines) is 1. The first-order valence-corrected chi connectivity index (χ1v) is 8.13. The molecule has 2 aliphatic heterocycles. The highest BCUT2D eigenvalue weighted by Crippen LogP contribution is 2.34. The van der Waals surface area contributed by atoms with Crippen LogP contribution in [0.15, 0.2) is 42.7 Å². The number of anilines is 1. The first-order valence-electron chi connectivity index (χ1n) is 8.13. The van der Waals surface area contributed by atoms with Crippen molar-refractivity contribution in [3.05, 3.63) is 42.7 Å². The summed E-state index contributed by atoms with van der Waals surface area (Å²) in [5.41, 5.74) is 4.31. The number of hydrogen-bond donors (Lipinski definition) is 1. The van der Waals surface area contributed by atoms with Crippen molar-refractivity contribution in [3.63, 3.8) is 0 Å². The second kappa shape index (κ2) is 4.80. The third kappa shape index (κ3) is 2.04. The van der Waals surface area contributed by atoms with Crippen LogP contribution in [-0.4, -0.2) is 52.6 Å². The van der Waals surface area contributed by atoms with E-state index in [1.807, 2.05) is 30.6 Å². The van der Waals surface area contributed by atoms with Crippen LogP contribution in [0.3, 0.4) is 0 Å². The summed E-state index contributed by atoms with van der Waals surface area (Å²) in [7, 11) is 2.22. The van der Waals surface area contributed by atoms with Gasteiger partial charge in [0.05, 0.1) is 22.9 Å². The molecule has 3 aromatic rings. The molecule has 0 aliphatic carbocycles. The molecule has 4 heterocycles. The zero-order chi connectivity index (χ0) is 15.4. The van der Waals surface area contributed by atoms with Crippen molar-refractivity contribution in [1.82, 2.24) is 19.9 Å². The minimum Gasteiger partial charge on any atom is -0.368 e. The molecule has 0 unspecified atom stereocenters. The Bertz CT molecular complexity index is 837. The van der Waals surface area contributed by atoms with Gasteiger partial charge < -0.3 is 14.8 Å². The minimum atomic E-state index is 0.713. The lowest BCUT2D eigenvalue weighted by Gasteiger charge is -2.40. The molecule has 0 bridgehead atoms. The Kier molecular flexibility index (Phi) is 2.73. The van der Waals surface area contributed by atoms with E-state index in [0.29, 0.717) is 6.04 Å². The SMILES string of the molecule is CN1C[C@H]2CN(c3cncc(-c4nc5ccccc5[nH]4)c3)C[C@H]21. The Hall–Kier alpha value is -2.40. The molecule has 0 amide bonds. The number of aromatic amines is 1. The summed E-state index contributed by atoms with van der Waals surface area (Å²) in [6.07, 6.45) is 3.86. The van der Waals surface area contributed by atoms with Crippen LogP contribution >= 0.6 is 0 Å². The smallest absolute Gasteiger partial charge is 0.140 e. The summed E-state index contributed by atoms with van der Waals surface area (Å²) in [5.74, 6) is 1.70. The Morgan fingerprint density at radius 3 is 2.87 bits per heavy atom. The van der Waals surface area contributed by atoms with Crippen molar-refractivity contribution in [2.24, 2.45) is 5.92 Å². The lowest BCUT2D eigenvalue weighted by atomic mass is 9.93. The number of aromatic nitrogens is 3. The first-order chi connectivity index (χ1) is 11.3. The van der Waals surface area contributed by atoms with Gasteiger partial charge in [-0.2, -0.15) is 0 Å². The van der Waals surface area contributed by atoms with Crippen LogP contribution in [0.2, 0.25) is 0 Å². The van der Waals surface area contributed by atoms with E-state index >= 15 is 0 Å². The van der Waals surface area contributed by atoms with Crippen LogP contribution in [0, 0.1) is 5.92 Å². The number of likely N-dealkylation sites (N-methyl/N-ethyl adjacent to an activating group) is 1. The fourth-order valence-corrected chi connectivity index (χ4v) is 3.93. The predicted octanol–water partition coefficient (Wildman–Crippen LogP) is 2.38. The van der Waals surface area contributed by atoms with Crippen LogP contribution in [0.4, 0.5) is 5.69 Å². The maximum atomic E-state index is 4.68.